The van der Waals surface area contributed by atoms with Crippen molar-refractivity contribution in [3.63, 3.8) is 0 Å². The maximum Gasteiger partial charge on any atom is 0.0633 e. The summed E-state index contributed by atoms with van der Waals surface area (Å²) in [6, 6.07) is 20.9. The number of unbranched alkanes of at least 4 members (excludes halogenated alkanes) is 25. The van der Waals surface area contributed by atoms with Crippen LogP contribution in [0.2, 0.25) is 0 Å². The second-order valence-corrected chi connectivity index (χ2v) is 14.1. The maximum atomic E-state index is 5.12. The Balaban J connectivity index is 0.0000115. The molecule has 0 radical (unpaired) electrons. The van der Waals surface area contributed by atoms with Crippen molar-refractivity contribution in [3.05, 3.63) is 60.7 Å². The van der Waals surface area contributed by atoms with Crippen LogP contribution in [0, 0.1) is 0 Å². The largest absolute Gasteiger partial charge is 0.252 e. The van der Waals surface area contributed by atoms with Gasteiger partial charge < -0.3 is 0 Å². The van der Waals surface area contributed by atoms with Crippen LogP contribution < -0.4 is 0 Å². The van der Waals surface area contributed by atoms with E-state index in [9.17, 15) is 0 Å². The first-order valence-corrected chi connectivity index (χ1v) is 20.6. The molecule has 0 spiro atoms. The molecule has 3 heteroatoms. The summed E-state index contributed by atoms with van der Waals surface area (Å²) in [6.07, 6.45) is 40.1. The van der Waals surface area contributed by atoms with E-state index in [0.29, 0.717) is 0 Å². The van der Waals surface area contributed by atoms with Gasteiger partial charge in [-0.3, -0.25) is 9.98 Å². The summed E-state index contributed by atoms with van der Waals surface area (Å²) in [5, 5.41) is 0. The first-order valence-electron chi connectivity index (χ1n) is 20.6. The molecule has 2 aromatic rings. The van der Waals surface area contributed by atoms with Crippen molar-refractivity contribution in [1.29, 1.82) is 0 Å². The summed E-state index contributed by atoms with van der Waals surface area (Å²) in [7, 11) is 0. The van der Waals surface area contributed by atoms with Crippen LogP contribution in [0.3, 0.4) is 0 Å². The van der Waals surface area contributed by atoms with Gasteiger partial charge in [0.05, 0.1) is 22.8 Å². The Hall–Kier alpha value is -1.73. The normalized spacial score (nSPS) is 12.0. The molecule has 0 atom stereocenters. The van der Waals surface area contributed by atoms with Gasteiger partial charge in [0, 0.05) is 16.5 Å². The van der Waals surface area contributed by atoms with Crippen molar-refractivity contribution >= 4 is 22.8 Å². The number of hydrogen-bond acceptors (Lipinski definition) is 2. The molecule has 0 unspecified atom stereocenters. The average Bonchev–Trinajstić information content (AvgIpc) is 3.10. The quantitative estimate of drug-likeness (QED) is 0.0412. The van der Waals surface area contributed by atoms with Crippen molar-refractivity contribution < 1.29 is 16.5 Å². The Kier molecular flexibility index (Phi) is 31.2. The first kappa shape index (κ1) is 44.3. The fourth-order valence-corrected chi connectivity index (χ4v) is 6.62. The summed E-state index contributed by atoms with van der Waals surface area (Å²) >= 11 is 0. The van der Waals surface area contributed by atoms with Gasteiger partial charge in [0.25, 0.3) is 0 Å². The van der Waals surface area contributed by atoms with Gasteiger partial charge in [0.1, 0.15) is 0 Å². The van der Waals surface area contributed by atoms with E-state index in [1.165, 1.54) is 178 Å². The van der Waals surface area contributed by atoms with Gasteiger partial charge in [-0.05, 0) is 49.9 Å². The van der Waals surface area contributed by atoms with E-state index in [-0.39, 0.29) is 16.5 Å². The standard InChI is InChI=1S/C45H74N2.Ni/c1-3-5-7-8-9-10-11-12-13-14-15-16-17-18-19-20-21-22-23-24-25-26-27-28-35-41-45(47-43-38-33-30-34-39-43)44(40-6-4-2)46-42-36-31-29-32-37-42;/h29-34,36-39H,3-28,35,40-41H2,1-2H3;. The topological polar surface area (TPSA) is 24.7 Å². The summed E-state index contributed by atoms with van der Waals surface area (Å²) in [5.41, 5.74) is 4.43. The zero-order valence-electron chi connectivity index (χ0n) is 31.5. The molecule has 274 valence electrons. The van der Waals surface area contributed by atoms with Crippen LogP contribution in [0.5, 0.6) is 0 Å². The molecule has 2 aromatic carbocycles. The zero-order valence-corrected chi connectivity index (χ0v) is 32.5. The molecule has 0 heterocycles. The first-order chi connectivity index (χ1) is 23.3. The van der Waals surface area contributed by atoms with E-state index in [0.717, 1.165) is 30.6 Å². The predicted octanol–water partition coefficient (Wildman–Crippen LogP) is 15.9. The second kappa shape index (κ2) is 33.8. The number of nitrogens with zero attached hydrogens (tertiary/aromatic N) is 2. The smallest absolute Gasteiger partial charge is 0.0633 e. The molecule has 2 rings (SSSR count). The summed E-state index contributed by atoms with van der Waals surface area (Å²) in [6.45, 7) is 4.56. The van der Waals surface area contributed by atoms with Crippen molar-refractivity contribution in [2.75, 3.05) is 0 Å². The van der Waals surface area contributed by atoms with E-state index in [1.807, 2.05) is 0 Å². The fourth-order valence-electron chi connectivity index (χ4n) is 6.62. The van der Waals surface area contributed by atoms with Gasteiger partial charge in [0.2, 0.25) is 0 Å². The summed E-state index contributed by atoms with van der Waals surface area (Å²) in [5.74, 6) is 0. The molecule has 0 aliphatic carbocycles. The minimum Gasteiger partial charge on any atom is -0.252 e. The Bertz CT molecular complexity index is 1000. The van der Waals surface area contributed by atoms with Crippen molar-refractivity contribution in [2.24, 2.45) is 9.98 Å². The van der Waals surface area contributed by atoms with Crippen molar-refractivity contribution in [1.82, 2.24) is 0 Å². The second-order valence-electron chi connectivity index (χ2n) is 14.1. The van der Waals surface area contributed by atoms with Gasteiger partial charge in [-0.15, -0.1) is 0 Å². The molecule has 0 fully saturated rings. The van der Waals surface area contributed by atoms with Crippen LogP contribution in [-0.4, -0.2) is 11.4 Å². The van der Waals surface area contributed by atoms with Crippen LogP contribution in [0.1, 0.15) is 200 Å². The molecule has 0 aliphatic rings. The Morgan fingerprint density at radius 2 is 0.583 bits per heavy atom. The van der Waals surface area contributed by atoms with Crippen LogP contribution in [0.15, 0.2) is 70.6 Å². The van der Waals surface area contributed by atoms with Crippen LogP contribution in [-0.2, 0) is 16.5 Å². The van der Waals surface area contributed by atoms with E-state index in [4.69, 9.17) is 9.98 Å². The zero-order chi connectivity index (χ0) is 33.3. The molecule has 0 aliphatic heterocycles. The minimum atomic E-state index is 0. The number of benzene rings is 2. The molecule has 0 N–H and O–H groups in total. The molecule has 0 saturated heterocycles. The summed E-state index contributed by atoms with van der Waals surface area (Å²) in [4.78, 5) is 10.2. The Morgan fingerprint density at radius 1 is 0.333 bits per heavy atom. The molecule has 0 saturated carbocycles. The Labute approximate surface area is 308 Å². The van der Waals surface area contributed by atoms with Crippen LogP contribution in [0.25, 0.3) is 0 Å². The van der Waals surface area contributed by atoms with Crippen molar-refractivity contribution in [3.8, 4) is 0 Å². The van der Waals surface area contributed by atoms with Crippen LogP contribution in [0.4, 0.5) is 11.4 Å². The molecule has 0 bridgehead atoms. The van der Waals surface area contributed by atoms with E-state index in [2.05, 4.69) is 74.5 Å². The monoisotopic (exact) mass is 701 g/mol. The molecule has 0 aromatic heterocycles. The van der Waals surface area contributed by atoms with E-state index >= 15 is 0 Å². The third-order valence-electron chi connectivity index (χ3n) is 9.66. The van der Waals surface area contributed by atoms with Crippen LogP contribution >= 0.6 is 0 Å². The number of aliphatic imine (C=N–C) groups is 2. The van der Waals surface area contributed by atoms with E-state index < -0.39 is 0 Å². The predicted molar refractivity (Wildman–Crippen MR) is 212 cm³/mol. The number of rotatable bonds is 32. The Morgan fingerprint density at radius 3 is 0.875 bits per heavy atom. The molecule has 2 nitrogen and oxygen atoms in total. The SMILES string of the molecule is CCCCCCCCCCCCCCCCCCCCCCCCCCCC(=Nc1ccccc1)C(CCCC)=Nc1ccccc1.[Ni]. The third-order valence-corrected chi connectivity index (χ3v) is 9.66. The average molecular weight is 702 g/mol. The number of hydrogen-bond donors (Lipinski definition) is 0. The van der Waals surface area contributed by atoms with Gasteiger partial charge in [-0.25, -0.2) is 0 Å². The van der Waals surface area contributed by atoms with E-state index in [1.54, 1.807) is 0 Å². The fraction of sp³-hybridized carbons (Fsp3) is 0.689. The maximum absolute atomic E-state index is 5.12. The van der Waals surface area contributed by atoms with Crippen molar-refractivity contribution in [2.45, 2.75) is 200 Å². The van der Waals surface area contributed by atoms with Gasteiger partial charge >= 0.3 is 0 Å². The molecular formula is C45H74N2Ni. The van der Waals surface area contributed by atoms with Gasteiger partial charge in [0.15, 0.2) is 0 Å². The van der Waals surface area contributed by atoms with Gasteiger partial charge in [-0.1, -0.05) is 211 Å². The third kappa shape index (κ3) is 25.3. The van der Waals surface area contributed by atoms with Gasteiger partial charge in [-0.2, -0.15) is 0 Å². The minimum absolute atomic E-state index is 0. The summed E-state index contributed by atoms with van der Waals surface area (Å²) < 4.78 is 0. The number of para-hydroxylation sites is 2. The molecule has 48 heavy (non-hydrogen) atoms. The molecule has 0 amide bonds. The molecular weight excluding hydrogens is 627 g/mol.